The van der Waals surface area contributed by atoms with E-state index in [1.54, 1.807) is 12.1 Å². The van der Waals surface area contributed by atoms with Gasteiger partial charge in [-0.2, -0.15) is 4.31 Å². The van der Waals surface area contributed by atoms with Crippen molar-refractivity contribution in [2.45, 2.75) is 11.3 Å². The Kier molecular flexibility index (Phi) is 4.98. The number of rotatable bonds is 5. The van der Waals surface area contributed by atoms with Crippen LogP contribution in [0.2, 0.25) is 0 Å². The van der Waals surface area contributed by atoms with E-state index < -0.39 is 10.0 Å². The third kappa shape index (κ3) is 3.12. The van der Waals surface area contributed by atoms with Gasteiger partial charge in [0.2, 0.25) is 10.0 Å². The monoisotopic (exact) mass is 299 g/mol. The van der Waals surface area contributed by atoms with Crippen molar-refractivity contribution in [3.05, 3.63) is 23.8 Å². The standard InChI is InChI=1S/C13H21N3O3S/c1-19-12-3-2-11(4-5-14)10-13(12)20(17,18)16-8-6-15-7-9-16/h2-3,10,15H,4-9,14H2,1H3. The lowest BCUT2D eigenvalue weighted by atomic mass is 10.1. The van der Waals surface area contributed by atoms with Gasteiger partial charge < -0.3 is 15.8 Å². The first-order valence-electron chi connectivity index (χ1n) is 6.67. The number of nitrogens with two attached hydrogens (primary N) is 1. The topological polar surface area (TPSA) is 84.7 Å². The second-order valence-corrected chi connectivity index (χ2v) is 6.58. The van der Waals surface area contributed by atoms with E-state index in [-0.39, 0.29) is 4.90 Å². The first kappa shape index (κ1) is 15.2. The van der Waals surface area contributed by atoms with Crippen LogP contribution in [-0.4, -0.2) is 52.6 Å². The van der Waals surface area contributed by atoms with Gasteiger partial charge in [0.25, 0.3) is 0 Å². The number of nitrogens with one attached hydrogen (secondary N) is 1. The molecule has 112 valence electrons. The maximum Gasteiger partial charge on any atom is 0.246 e. The van der Waals surface area contributed by atoms with E-state index >= 15 is 0 Å². The fraction of sp³-hybridized carbons (Fsp3) is 0.538. The van der Waals surface area contributed by atoms with Crippen LogP contribution in [0.3, 0.4) is 0 Å². The first-order chi connectivity index (χ1) is 9.59. The summed E-state index contributed by atoms with van der Waals surface area (Å²) in [6.45, 7) is 2.78. The molecule has 0 amide bonds. The lowest BCUT2D eigenvalue weighted by Gasteiger charge is -2.27. The van der Waals surface area contributed by atoms with Crippen molar-refractivity contribution in [2.24, 2.45) is 5.73 Å². The van der Waals surface area contributed by atoms with Gasteiger partial charge in [0.15, 0.2) is 0 Å². The summed E-state index contributed by atoms with van der Waals surface area (Å²) < 4.78 is 32.1. The van der Waals surface area contributed by atoms with Crippen LogP contribution in [-0.2, 0) is 16.4 Å². The maximum absolute atomic E-state index is 12.7. The molecular weight excluding hydrogens is 278 g/mol. The zero-order chi connectivity index (χ0) is 14.6. The molecule has 1 saturated heterocycles. The van der Waals surface area contributed by atoms with Gasteiger partial charge in [0.05, 0.1) is 7.11 Å². The van der Waals surface area contributed by atoms with Crippen LogP contribution in [0.15, 0.2) is 23.1 Å². The van der Waals surface area contributed by atoms with Crippen LogP contribution in [0.5, 0.6) is 5.75 Å². The van der Waals surface area contributed by atoms with Gasteiger partial charge in [-0.25, -0.2) is 8.42 Å². The minimum absolute atomic E-state index is 0.229. The summed E-state index contributed by atoms with van der Waals surface area (Å²) in [5.74, 6) is 0.379. The van der Waals surface area contributed by atoms with Crippen molar-refractivity contribution < 1.29 is 13.2 Å². The van der Waals surface area contributed by atoms with Gasteiger partial charge >= 0.3 is 0 Å². The predicted molar refractivity (Wildman–Crippen MR) is 77.4 cm³/mol. The molecule has 1 aromatic rings. The van der Waals surface area contributed by atoms with Crippen LogP contribution >= 0.6 is 0 Å². The summed E-state index contributed by atoms with van der Waals surface area (Å²) >= 11 is 0. The molecule has 0 radical (unpaired) electrons. The van der Waals surface area contributed by atoms with Gasteiger partial charge in [0.1, 0.15) is 10.6 Å². The van der Waals surface area contributed by atoms with E-state index in [0.717, 1.165) is 5.56 Å². The van der Waals surface area contributed by atoms with E-state index in [1.807, 2.05) is 6.07 Å². The predicted octanol–water partition coefficient (Wildman–Crippen LogP) is -0.210. The lowest BCUT2D eigenvalue weighted by molar-refractivity contribution is 0.355. The zero-order valence-corrected chi connectivity index (χ0v) is 12.4. The van der Waals surface area contributed by atoms with Crippen LogP contribution in [0.25, 0.3) is 0 Å². The third-order valence-corrected chi connectivity index (χ3v) is 5.27. The zero-order valence-electron chi connectivity index (χ0n) is 11.6. The molecule has 0 aromatic heterocycles. The molecule has 1 aliphatic heterocycles. The van der Waals surface area contributed by atoms with E-state index in [1.165, 1.54) is 11.4 Å². The summed E-state index contributed by atoms with van der Waals surface area (Å²) in [5, 5.41) is 3.14. The SMILES string of the molecule is COc1ccc(CCN)cc1S(=O)(=O)N1CCNCC1. The van der Waals surface area contributed by atoms with E-state index in [2.05, 4.69) is 5.32 Å². The smallest absolute Gasteiger partial charge is 0.246 e. The first-order valence-corrected chi connectivity index (χ1v) is 8.11. The Morgan fingerprint density at radius 2 is 2.05 bits per heavy atom. The van der Waals surface area contributed by atoms with Gasteiger partial charge in [0, 0.05) is 26.2 Å². The molecule has 1 heterocycles. The van der Waals surface area contributed by atoms with Crippen molar-refractivity contribution in [3.8, 4) is 5.75 Å². The van der Waals surface area contributed by atoms with Crippen LogP contribution < -0.4 is 15.8 Å². The van der Waals surface area contributed by atoms with Gasteiger partial charge in [-0.15, -0.1) is 0 Å². The number of benzene rings is 1. The summed E-state index contributed by atoms with van der Waals surface area (Å²) in [5.41, 5.74) is 6.44. The van der Waals surface area contributed by atoms with Crippen LogP contribution in [0.4, 0.5) is 0 Å². The summed E-state index contributed by atoms with van der Waals surface area (Å²) in [6.07, 6.45) is 0.647. The van der Waals surface area contributed by atoms with Crippen LogP contribution in [0, 0.1) is 0 Å². The number of nitrogens with zero attached hydrogens (tertiary/aromatic N) is 1. The quantitative estimate of drug-likeness (QED) is 0.786. The molecule has 3 N–H and O–H groups in total. The van der Waals surface area contributed by atoms with E-state index in [0.29, 0.717) is 44.9 Å². The molecular formula is C13H21N3O3S. The molecule has 0 aliphatic carbocycles. The Hall–Kier alpha value is -1.15. The Morgan fingerprint density at radius 3 is 2.65 bits per heavy atom. The van der Waals surface area contributed by atoms with Gasteiger partial charge in [-0.1, -0.05) is 6.07 Å². The Bertz CT molecular complexity index is 554. The normalized spacial score (nSPS) is 17.1. The highest BCUT2D eigenvalue weighted by Crippen LogP contribution is 2.28. The molecule has 1 aliphatic rings. The number of hydrogen-bond acceptors (Lipinski definition) is 5. The van der Waals surface area contributed by atoms with Crippen LogP contribution in [0.1, 0.15) is 5.56 Å². The average molecular weight is 299 g/mol. The van der Waals surface area contributed by atoms with E-state index in [9.17, 15) is 8.42 Å². The fourth-order valence-electron chi connectivity index (χ4n) is 2.27. The Morgan fingerprint density at radius 1 is 1.35 bits per heavy atom. The molecule has 0 spiro atoms. The third-order valence-electron chi connectivity index (χ3n) is 3.35. The molecule has 7 heteroatoms. The molecule has 0 saturated carbocycles. The highest BCUT2D eigenvalue weighted by molar-refractivity contribution is 7.89. The molecule has 1 aromatic carbocycles. The minimum Gasteiger partial charge on any atom is -0.495 e. The molecule has 0 unspecified atom stereocenters. The number of methoxy groups -OCH3 is 1. The van der Waals surface area contributed by atoms with Crippen molar-refractivity contribution in [1.29, 1.82) is 0 Å². The second-order valence-electron chi connectivity index (χ2n) is 4.68. The highest BCUT2D eigenvalue weighted by Gasteiger charge is 2.28. The molecule has 0 atom stereocenters. The largest absolute Gasteiger partial charge is 0.495 e. The number of ether oxygens (including phenoxy) is 1. The van der Waals surface area contributed by atoms with Crippen molar-refractivity contribution in [2.75, 3.05) is 39.8 Å². The maximum atomic E-state index is 12.7. The van der Waals surface area contributed by atoms with Crippen molar-refractivity contribution in [3.63, 3.8) is 0 Å². The molecule has 2 rings (SSSR count). The lowest BCUT2D eigenvalue weighted by Crippen LogP contribution is -2.46. The highest BCUT2D eigenvalue weighted by atomic mass is 32.2. The van der Waals surface area contributed by atoms with Gasteiger partial charge in [-0.3, -0.25) is 0 Å². The summed E-state index contributed by atoms with van der Waals surface area (Å²) in [7, 11) is -2.04. The minimum atomic E-state index is -3.52. The summed E-state index contributed by atoms with van der Waals surface area (Å²) in [6, 6.07) is 5.21. The van der Waals surface area contributed by atoms with Crippen molar-refractivity contribution in [1.82, 2.24) is 9.62 Å². The molecule has 20 heavy (non-hydrogen) atoms. The molecule has 0 bridgehead atoms. The van der Waals surface area contributed by atoms with Gasteiger partial charge in [-0.05, 0) is 30.7 Å². The van der Waals surface area contributed by atoms with E-state index in [4.69, 9.17) is 10.5 Å². The Labute approximate surface area is 120 Å². The summed E-state index contributed by atoms with van der Waals surface area (Å²) in [4.78, 5) is 0.229. The number of hydrogen-bond donors (Lipinski definition) is 2. The van der Waals surface area contributed by atoms with Crippen molar-refractivity contribution >= 4 is 10.0 Å². The fourth-order valence-corrected chi connectivity index (χ4v) is 3.92. The number of sulfonamides is 1. The molecule has 1 fully saturated rings. The molecule has 6 nitrogen and oxygen atoms in total. The average Bonchev–Trinajstić information content (AvgIpc) is 2.48. The second kappa shape index (κ2) is 6.53. The number of piperazine rings is 1. The Balaban J connectivity index is 2.39.